The van der Waals surface area contributed by atoms with Crippen molar-refractivity contribution in [2.45, 2.75) is 20.1 Å². The topological polar surface area (TPSA) is 89.0 Å². The lowest BCUT2D eigenvalue weighted by molar-refractivity contribution is -0.136. The highest BCUT2D eigenvalue weighted by atomic mass is 19.3. The Labute approximate surface area is 162 Å². The van der Waals surface area contributed by atoms with E-state index in [-0.39, 0.29) is 5.56 Å². The molecule has 2 rings (SSSR count). The molecule has 0 heterocycles. The smallest absolute Gasteiger partial charge is 0.387 e. The Morgan fingerprint density at radius 2 is 1.62 bits per heavy atom. The normalized spacial score (nSPS) is 11.0. The Balaban J connectivity index is 2.02. The fraction of sp³-hybridized carbons (Fsp3) is 0.167. The molecule has 0 saturated heterocycles. The quantitative estimate of drug-likeness (QED) is 0.316. The van der Waals surface area contributed by atoms with E-state index in [1.54, 1.807) is 24.3 Å². The van der Waals surface area contributed by atoms with Crippen LogP contribution in [0.25, 0.3) is 0 Å². The fourth-order valence-corrected chi connectivity index (χ4v) is 2.03. The van der Waals surface area contributed by atoms with Gasteiger partial charge >= 0.3 is 25.0 Å². The molecule has 0 spiro atoms. The summed E-state index contributed by atoms with van der Waals surface area (Å²) in [6.45, 7) is -4.54. The molecule has 154 valence electrons. The molecule has 0 saturated carbocycles. The van der Waals surface area contributed by atoms with Gasteiger partial charge in [0.1, 0.15) is 11.5 Å². The zero-order valence-electron chi connectivity index (χ0n) is 14.9. The van der Waals surface area contributed by atoms with E-state index in [9.17, 15) is 27.2 Å². The third-order valence-corrected chi connectivity index (χ3v) is 3.31. The van der Waals surface area contributed by atoms with Gasteiger partial charge in [0.2, 0.25) is 0 Å². The van der Waals surface area contributed by atoms with Crippen molar-refractivity contribution in [3.8, 4) is 11.5 Å². The van der Waals surface area contributed by atoms with Crippen LogP contribution in [0.1, 0.15) is 11.1 Å². The Hall–Kier alpha value is -3.63. The third-order valence-electron chi connectivity index (χ3n) is 3.31. The molecular weight excluding hydrogens is 398 g/mol. The highest BCUT2D eigenvalue weighted by Crippen LogP contribution is 2.26. The summed E-state index contributed by atoms with van der Waals surface area (Å²) in [5.41, 5.74) is 3.19. The van der Waals surface area contributed by atoms with Crippen LogP contribution < -0.4 is 20.2 Å². The number of nitrogens with zero attached hydrogens (tertiary/aromatic N) is 1. The molecule has 2 aromatic carbocycles. The molecule has 2 N–H and O–H groups in total. The highest BCUT2D eigenvalue weighted by Gasteiger charge is 2.14. The average molecular weight is 413 g/mol. The van der Waals surface area contributed by atoms with Gasteiger partial charge in [-0.2, -0.15) is 22.7 Å². The summed E-state index contributed by atoms with van der Waals surface area (Å²) in [4.78, 5) is 23.5. The summed E-state index contributed by atoms with van der Waals surface area (Å²) in [5, 5.41) is 5.82. The van der Waals surface area contributed by atoms with E-state index < -0.39 is 36.5 Å². The van der Waals surface area contributed by atoms with E-state index in [1.165, 1.54) is 0 Å². The zero-order chi connectivity index (χ0) is 21.4. The van der Waals surface area contributed by atoms with Crippen LogP contribution in [0.5, 0.6) is 11.5 Å². The fourth-order valence-electron chi connectivity index (χ4n) is 2.03. The van der Waals surface area contributed by atoms with Gasteiger partial charge in [-0.1, -0.05) is 17.7 Å². The second-order valence-corrected chi connectivity index (χ2v) is 5.48. The van der Waals surface area contributed by atoms with Gasteiger partial charge in [0.25, 0.3) is 0 Å². The Kier molecular flexibility index (Phi) is 7.52. The minimum Gasteiger partial charge on any atom is -0.435 e. The predicted molar refractivity (Wildman–Crippen MR) is 95.3 cm³/mol. The van der Waals surface area contributed by atoms with Gasteiger partial charge < -0.3 is 14.8 Å². The molecule has 0 aliphatic heterocycles. The number of hydrogen-bond donors (Lipinski definition) is 2. The number of hydrogen-bond acceptors (Lipinski definition) is 5. The number of rotatable bonds is 7. The van der Waals surface area contributed by atoms with E-state index in [4.69, 9.17) is 0 Å². The number of carbonyl (C=O) groups is 2. The van der Waals surface area contributed by atoms with Crippen molar-refractivity contribution < 1.29 is 36.6 Å². The van der Waals surface area contributed by atoms with Crippen LogP contribution in [0, 0.1) is 6.92 Å². The zero-order valence-corrected chi connectivity index (χ0v) is 14.9. The van der Waals surface area contributed by atoms with E-state index >= 15 is 0 Å². The Bertz CT molecular complexity index is 889. The van der Waals surface area contributed by atoms with Crippen LogP contribution in [0.15, 0.2) is 47.6 Å². The van der Waals surface area contributed by atoms with Crippen molar-refractivity contribution >= 4 is 23.7 Å². The second-order valence-electron chi connectivity index (χ2n) is 5.48. The first kappa shape index (κ1) is 21.7. The molecule has 0 aromatic heterocycles. The minimum absolute atomic E-state index is 0.0776. The van der Waals surface area contributed by atoms with Crippen molar-refractivity contribution in [2.75, 3.05) is 5.32 Å². The maximum Gasteiger partial charge on any atom is 0.387 e. The molecule has 2 amide bonds. The number of alkyl halides is 4. The third kappa shape index (κ3) is 7.13. The lowest BCUT2D eigenvalue weighted by atomic mass is 10.2. The molecule has 0 aliphatic carbocycles. The first-order chi connectivity index (χ1) is 13.7. The van der Waals surface area contributed by atoms with Crippen LogP contribution in [0.2, 0.25) is 0 Å². The standard InChI is InChI=1S/C18H15F4N3O4/c1-10-2-5-12(6-3-10)24-15(26)16(27)25-23-9-11-4-7-13(28-17(19)20)8-14(11)29-18(21)22/h2-9,17-18H,1H3,(H,24,26)(H,25,27)/b23-9-. The first-order valence-corrected chi connectivity index (χ1v) is 7.99. The van der Waals surface area contributed by atoms with Gasteiger partial charge in [-0.05, 0) is 31.2 Å². The minimum atomic E-state index is -3.24. The number of halogens is 4. The molecule has 0 atom stereocenters. The number of ether oxygens (including phenoxy) is 2. The summed E-state index contributed by atoms with van der Waals surface area (Å²) >= 11 is 0. The van der Waals surface area contributed by atoms with E-state index in [0.717, 1.165) is 30.0 Å². The largest absolute Gasteiger partial charge is 0.435 e. The van der Waals surface area contributed by atoms with Crippen molar-refractivity contribution in [1.29, 1.82) is 0 Å². The summed E-state index contributed by atoms with van der Waals surface area (Å²) in [6, 6.07) is 9.65. The van der Waals surface area contributed by atoms with Crippen molar-refractivity contribution in [1.82, 2.24) is 5.43 Å². The lowest BCUT2D eigenvalue weighted by Crippen LogP contribution is -2.32. The van der Waals surface area contributed by atoms with Gasteiger partial charge in [0.05, 0.1) is 6.21 Å². The molecule has 0 unspecified atom stereocenters. The summed E-state index contributed by atoms with van der Waals surface area (Å²) in [5.74, 6) is -3.04. The number of nitrogens with one attached hydrogen (secondary N) is 2. The summed E-state index contributed by atoms with van der Waals surface area (Å²) < 4.78 is 57.8. The van der Waals surface area contributed by atoms with Gasteiger partial charge in [-0.25, -0.2) is 5.43 Å². The Morgan fingerprint density at radius 3 is 2.24 bits per heavy atom. The van der Waals surface area contributed by atoms with Crippen LogP contribution in [0.4, 0.5) is 23.2 Å². The monoisotopic (exact) mass is 413 g/mol. The highest BCUT2D eigenvalue weighted by molar-refractivity contribution is 6.39. The first-order valence-electron chi connectivity index (χ1n) is 7.99. The predicted octanol–water partition coefficient (Wildman–Crippen LogP) is 3.29. The molecule has 0 bridgehead atoms. The number of aryl methyl sites for hydroxylation is 1. The molecule has 29 heavy (non-hydrogen) atoms. The van der Waals surface area contributed by atoms with E-state index in [1.807, 2.05) is 12.3 Å². The molecule has 0 radical (unpaired) electrons. The van der Waals surface area contributed by atoms with Crippen molar-refractivity contribution in [2.24, 2.45) is 5.10 Å². The van der Waals surface area contributed by atoms with Gasteiger partial charge in [0, 0.05) is 17.3 Å². The van der Waals surface area contributed by atoms with Gasteiger partial charge in [-0.15, -0.1) is 0 Å². The van der Waals surface area contributed by atoms with Gasteiger partial charge in [0.15, 0.2) is 0 Å². The van der Waals surface area contributed by atoms with Crippen molar-refractivity contribution in [3.05, 3.63) is 53.6 Å². The summed E-state index contributed by atoms with van der Waals surface area (Å²) in [7, 11) is 0. The molecule has 0 aliphatic rings. The van der Waals surface area contributed by atoms with Crippen LogP contribution >= 0.6 is 0 Å². The van der Waals surface area contributed by atoms with Crippen LogP contribution in [-0.4, -0.2) is 31.3 Å². The second kappa shape index (κ2) is 10.1. The van der Waals surface area contributed by atoms with Gasteiger partial charge in [-0.3, -0.25) is 9.59 Å². The Morgan fingerprint density at radius 1 is 0.966 bits per heavy atom. The van der Waals surface area contributed by atoms with Crippen LogP contribution in [0.3, 0.4) is 0 Å². The SMILES string of the molecule is Cc1ccc(NC(=O)C(=O)N/N=C\c2ccc(OC(F)F)cc2OC(F)F)cc1. The van der Waals surface area contributed by atoms with E-state index in [2.05, 4.69) is 19.9 Å². The number of amides is 2. The molecular formula is C18H15F4N3O4. The number of anilines is 1. The van der Waals surface area contributed by atoms with E-state index in [0.29, 0.717) is 5.69 Å². The molecule has 7 nitrogen and oxygen atoms in total. The number of hydrazone groups is 1. The number of benzene rings is 2. The van der Waals surface area contributed by atoms with Crippen LogP contribution in [-0.2, 0) is 9.59 Å². The summed E-state index contributed by atoms with van der Waals surface area (Å²) in [6.07, 6.45) is 0.904. The molecule has 11 heteroatoms. The maximum atomic E-state index is 12.5. The molecule has 0 fully saturated rings. The average Bonchev–Trinajstić information content (AvgIpc) is 2.64. The lowest BCUT2D eigenvalue weighted by Gasteiger charge is -2.10. The number of carbonyl (C=O) groups excluding carboxylic acids is 2. The van der Waals surface area contributed by atoms with Crippen molar-refractivity contribution in [3.63, 3.8) is 0 Å². The maximum absolute atomic E-state index is 12.5. The molecule has 2 aromatic rings.